The third kappa shape index (κ3) is 6.00. The minimum absolute atomic E-state index is 0.0121. The van der Waals surface area contributed by atoms with Gasteiger partial charge < -0.3 is 19.8 Å². The van der Waals surface area contributed by atoms with Crippen molar-refractivity contribution >= 4 is 52.5 Å². The molecular formula is C29H22ClN3O5S. The van der Waals surface area contributed by atoms with Crippen LogP contribution < -0.4 is 15.4 Å². The zero-order valence-corrected chi connectivity index (χ0v) is 22.2. The summed E-state index contributed by atoms with van der Waals surface area (Å²) in [6.45, 7) is 0.0121. The molecule has 0 unspecified atom stereocenters. The molecule has 0 saturated heterocycles. The molecule has 0 saturated carbocycles. The third-order valence-corrected chi connectivity index (χ3v) is 7.16. The predicted molar refractivity (Wildman–Crippen MR) is 150 cm³/mol. The topological polar surface area (TPSA) is 101 Å². The van der Waals surface area contributed by atoms with Crippen LogP contribution in [0.5, 0.6) is 5.75 Å². The van der Waals surface area contributed by atoms with E-state index in [1.165, 1.54) is 6.26 Å². The van der Waals surface area contributed by atoms with Crippen molar-refractivity contribution in [2.75, 3.05) is 17.7 Å². The Kier molecular flexibility index (Phi) is 7.72. The number of amides is 3. The van der Waals surface area contributed by atoms with E-state index in [1.54, 1.807) is 92.0 Å². The lowest BCUT2D eigenvalue weighted by Crippen LogP contribution is -2.31. The lowest BCUT2D eigenvalue weighted by Gasteiger charge is -2.13. The summed E-state index contributed by atoms with van der Waals surface area (Å²) in [5, 5.41) is 6.48. The van der Waals surface area contributed by atoms with E-state index in [0.717, 1.165) is 16.7 Å². The number of imide groups is 1. The molecule has 39 heavy (non-hydrogen) atoms. The van der Waals surface area contributed by atoms with Crippen LogP contribution in [-0.4, -0.2) is 29.7 Å². The molecule has 3 aromatic carbocycles. The predicted octanol–water partition coefficient (Wildman–Crippen LogP) is 6.18. The Hall–Kier alpha value is -4.47. The van der Waals surface area contributed by atoms with Gasteiger partial charge in [0.2, 0.25) is 0 Å². The molecule has 4 aromatic rings. The zero-order valence-electron chi connectivity index (χ0n) is 20.6. The average Bonchev–Trinajstić information content (AvgIpc) is 3.54. The van der Waals surface area contributed by atoms with E-state index in [4.69, 9.17) is 20.8 Å². The summed E-state index contributed by atoms with van der Waals surface area (Å²) in [5.74, 6) is -0.00171. The van der Waals surface area contributed by atoms with Crippen LogP contribution in [0.25, 0.3) is 0 Å². The van der Waals surface area contributed by atoms with Crippen molar-refractivity contribution in [3.63, 3.8) is 0 Å². The number of methoxy groups -OCH3 is 1. The lowest BCUT2D eigenvalue weighted by molar-refractivity contribution is -0.138. The highest BCUT2D eigenvalue weighted by atomic mass is 35.5. The van der Waals surface area contributed by atoms with E-state index >= 15 is 0 Å². The smallest absolute Gasteiger partial charge is 0.278 e. The highest BCUT2D eigenvalue weighted by molar-refractivity contribution is 8.04. The first-order chi connectivity index (χ1) is 18.9. The normalized spacial score (nSPS) is 13.1. The molecule has 5 rings (SSSR count). The van der Waals surface area contributed by atoms with Gasteiger partial charge in [-0.1, -0.05) is 23.4 Å². The molecule has 3 amide bonds. The molecule has 0 radical (unpaired) electrons. The van der Waals surface area contributed by atoms with E-state index in [0.29, 0.717) is 38.4 Å². The Morgan fingerprint density at radius 3 is 2.26 bits per heavy atom. The van der Waals surface area contributed by atoms with Crippen molar-refractivity contribution in [1.29, 1.82) is 0 Å². The monoisotopic (exact) mass is 559 g/mol. The van der Waals surface area contributed by atoms with E-state index in [-0.39, 0.29) is 23.1 Å². The summed E-state index contributed by atoms with van der Waals surface area (Å²) < 4.78 is 10.6. The first kappa shape index (κ1) is 26.1. The molecule has 0 spiro atoms. The number of nitrogens with zero attached hydrogens (tertiary/aromatic N) is 1. The third-order valence-electron chi connectivity index (χ3n) is 5.82. The first-order valence-electron chi connectivity index (χ1n) is 11.8. The van der Waals surface area contributed by atoms with Crippen molar-refractivity contribution in [1.82, 2.24) is 4.90 Å². The van der Waals surface area contributed by atoms with Crippen LogP contribution in [0, 0.1) is 0 Å². The highest BCUT2D eigenvalue weighted by Gasteiger charge is 2.39. The van der Waals surface area contributed by atoms with Crippen LogP contribution >= 0.6 is 23.4 Å². The van der Waals surface area contributed by atoms with Gasteiger partial charge in [0.25, 0.3) is 17.7 Å². The van der Waals surface area contributed by atoms with Gasteiger partial charge in [0.15, 0.2) is 0 Å². The maximum atomic E-state index is 13.4. The molecule has 0 atom stereocenters. The largest absolute Gasteiger partial charge is 0.497 e. The highest BCUT2D eigenvalue weighted by Crippen LogP contribution is 2.37. The van der Waals surface area contributed by atoms with Gasteiger partial charge in [0.05, 0.1) is 19.9 Å². The Balaban J connectivity index is 1.36. The molecule has 0 bridgehead atoms. The molecular weight excluding hydrogens is 538 g/mol. The van der Waals surface area contributed by atoms with Crippen molar-refractivity contribution in [2.24, 2.45) is 0 Å². The number of nitrogens with one attached hydrogen (secondary N) is 2. The second-order valence-corrected chi connectivity index (χ2v) is 9.94. The van der Waals surface area contributed by atoms with E-state index in [9.17, 15) is 14.4 Å². The van der Waals surface area contributed by atoms with E-state index < -0.39 is 11.8 Å². The molecule has 196 valence electrons. The van der Waals surface area contributed by atoms with Crippen molar-refractivity contribution in [3.05, 3.63) is 118 Å². The van der Waals surface area contributed by atoms with Gasteiger partial charge in [-0.25, -0.2) is 0 Å². The Morgan fingerprint density at radius 2 is 1.62 bits per heavy atom. The number of anilines is 2. The number of hydrogen-bond acceptors (Lipinski definition) is 7. The summed E-state index contributed by atoms with van der Waals surface area (Å²) >= 11 is 7.06. The summed E-state index contributed by atoms with van der Waals surface area (Å²) in [7, 11) is 1.57. The Labute approximate surface area is 233 Å². The molecule has 10 heteroatoms. The van der Waals surface area contributed by atoms with Crippen LogP contribution in [0.1, 0.15) is 16.1 Å². The van der Waals surface area contributed by atoms with Crippen LogP contribution in [0.3, 0.4) is 0 Å². The molecule has 1 aromatic heterocycles. The van der Waals surface area contributed by atoms with Gasteiger partial charge in [0.1, 0.15) is 22.1 Å². The van der Waals surface area contributed by atoms with Crippen LogP contribution in [0.15, 0.2) is 111 Å². The Bertz CT molecular complexity index is 1530. The minimum Gasteiger partial charge on any atom is -0.497 e. The Morgan fingerprint density at radius 1 is 0.923 bits per heavy atom. The fourth-order valence-electron chi connectivity index (χ4n) is 3.81. The van der Waals surface area contributed by atoms with E-state index in [2.05, 4.69) is 10.6 Å². The number of carbonyl (C=O) groups excluding carboxylic acids is 3. The standard InChI is InChI=1S/C29H22ClN3O5S/c1-37-22-12-8-20(9-13-22)31-25-26(29(36)33(28(25)35)17-23-3-2-16-38-23)39-24-14-10-21(11-15-24)32-27(34)18-4-6-19(30)7-5-18/h2-16,31H,17H2,1H3,(H,32,34). The van der Waals surface area contributed by atoms with Gasteiger partial charge in [-0.3, -0.25) is 19.3 Å². The molecule has 8 nitrogen and oxygen atoms in total. The molecule has 0 fully saturated rings. The van der Waals surface area contributed by atoms with Gasteiger partial charge in [-0.15, -0.1) is 0 Å². The summed E-state index contributed by atoms with van der Waals surface area (Å²) in [4.78, 5) is 41.4. The molecule has 1 aliphatic heterocycles. The maximum Gasteiger partial charge on any atom is 0.278 e. The fraction of sp³-hybridized carbons (Fsp3) is 0.0690. The second-order valence-electron chi connectivity index (χ2n) is 8.42. The lowest BCUT2D eigenvalue weighted by atomic mass is 10.2. The summed E-state index contributed by atoms with van der Waals surface area (Å²) in [5.41, 5.74) is 1.86. The van der Waals surface area contributed by atoms with Crippen LogP contribution in [0.4, 0.5) is 11.4 Å². The van der Waals surface area contributed by atoms with Crippen LogP contribution in [0.2, 0.25) is 5.02 Å². The minimum atomic E-state index is -0.457. The van der Waals surface area contributed by atoms with Crippen LogP contribution in [-0.2, 0) is 16.1 Å². The van der Waals surface area contributed by atoms with E-state index in [1.807, 2.05) is 0 Å². The zero-order chi connectivity index (χ0) is 27.4. The molecule has 1 aliphatic rings. The SMILES string of the molecule is COc1ccc(NC2=C(Sc3ccc(NC(=O)c4ccc(Cl)cc4)cc3)C(=O)N(Cc3ccco3)C2=O)cc1. The summed E-state index contributed by atoms with van der Waals surface area (Å²) in [6.07, 6.45) is 1.49. The van der Waals surface area contributed by atoms with Gasteiger partial charge >= 0.3 is 0 Å². The molecule has 2 N–H and O–H groups in total. The van der Waals surface area contributed by atoms with Gasteiger partial charge in [-0.2, -0.15) is 0 Å². The summed E-state index contributed by atoms with van der Waals surface area (Å²) in [6, 6.07) is 24.0. The van der Waals surface area contributed by atoms with Crippen molar-refractivity contribution in [2.45, 2.75) is 11.4 Å². The number of rotatable bonds is 9. The quantitative estimate of drug-likeness (QED) is 0.236. The maximum absolute atomic E-state index is 13.4. The fourth-order valence-corrected chi connectivity index (χ4v) is 4.88. The molecule has 2 heterocycles. The number of furan rings is 1. The van der Waals surface area contributed by atoms with Crippen molar-refractivity contribution in [3.8, 4) is 5.75 Å². The molecule has 0 aliphatic carbocycles. The first-order valence-corrected chi connectivity index (χ1v) is 13.0. The van der Waals surface area contributed by atoms with Gasteiger partial charge in [-0.05, 0) is 84.9 Å². The number of benzene rings is 3. The number of ether oxygens (including phenoxy) is 1. The number of hydrogen-bond donors (Lipinski definition) is 2. The average molecular weight is 560 g/mol. The van der Waals surface area contributed by atoms with Gasteiger partial charge in [0, 0.05) is 26.9 Å². The number of halogens is 1. The number of carbonyl (C=O) groups is 3. The number of thioether (sulfide) groups is 1. The van der Waals surface area contributed by atoms with Crippen molar-refractivity contribution < 1.29 is 23.5 Å². The second kappa shape index (κ2) is 11.5.